The van der Waals surface area contributed by atoms with E-state index < -0.39 is 23.4 Å². The molecule has 1 N–H and O–H groups in total. The van der Waals surface area contributed by atoms with E-state index in [4.69, 9.17) is 9.15 Å². The van der Waals surface area contributed by atoms with Crippen LogP contribution in [0.3, 0.4) is 0 Å². The molecule has 2 rings (SSSR count). The van der Waals surface area contributed by atoms with Crippen LogP contribution in [-0.4, -0.2) is 23.4 Å². The molecule has 0 spiro atoms. The number of ether oxygens (including phenoxy) is 1. The Balaban J connectivity index is 1.89. The van der Waals surface area contributed by atoms with E-state index in [-0.39, 0.29) is 11.4 Å². The second kappa shape index (κ2) is 7.91. The maximum atomic E-state index is 11.8. The molecule has 0 bridgehead atoms. The number of furan rings is 1. The lowest BCUT2D eigenvalue weighted by molar-refractivity contribution is -0.384. The molecule has 0 aliphatic rings. The Bertz CT molecular complexity index is 837. The van der Waals surface area contributed by atoms with Crippen LogP contribution in [0.2, 0.25) is 0 Å². The quantitative estimate of drug-likeness (QED) is 0.373. The van der Waals surface area contributed by atoms with Crippen molar-refractivity contribution in [2.24, 2.45) is 0 Å². The van der Waals surface area contributed by atoms with E-state index in [9.17, 15) is 19.7 Å². The number of rotatable bonds is 6. The lowest BCUT2D eigenvalue weighted by Crippen LogP contribution is -2.20. The molecule has 0 saturated carbocycles. The fourth-order valence-corrected chi connectivity index (χ4v) is 1.96. The van der Waals surface area contributed by atoms with Gasteiger partial charge in [0.1, 0.15) is 17.2 Å². The summed E-state index contributed by atoms with van der Waals surface area (Å²) in [6.45, 7) is 2.91. The van der Waals surface area contributed by atoms with Gasteiger partial charge in [-0.25, -0.2) is 4.79 Å². The number of nitrogens with zero attached hydrogens (tertiary/aromatic N) is 1. The SMILES string of the molecule is Cc1ccc(NC(=O)COC(=O)/C=C/c2ccc(C)o2)c([N+](=O)[O-])c1. The summed E-state index contributed by atoms with van der Waals surface area (Å²) in [5, 5.41) is 13.3. The summed E-state index contributed by atoms with van der Waals surface area (Å²) in [6, 6.07) is 7.82. The van der Waals surface area contributed by atoms with Crippen LogP contribution in [0.25, 0.3) is 6.08 Å². The minimum absolute atomic E-state index is 0.0400. The summed E-state index contributed by atoms with van der Waals surface area (Å²) in [5.41, 5.74) is 0.500. The van der Waals surface area contributed by atoms with Crippen molar-refractivity contribution in [2.45, 2.75) is 13.8 Å². The normalized spacial score (nSPS) is 10.6. The van der Waals surface area contributed by atoms with Gasteiger partial charge in [0.05, 0.1) is 4.92 Å². The first-order valence-electron chi connectivity index (χ1n) is 7.31. The number of nitro groups is 1. The topological polar surface area (TPSA) is 112 Å². The number of anilines is 1. The van der Waals surface area contributed by atoms with Gasteiger partial charge in [-0.15, -0.1) is 0 Å². The summed E-state index contributed by atoms with van der Waals surface area (Å²) < 4.78 is 10.0. The molecule has 1 aromatic carbocycles. The fourth-order valence-electron chi connectivity index (χ4n) is 1.96. The Morgan fingerprint density at radius 1 is 1.28 bits per heavy atom. The number of nitrogens with one attached hydrogen (secondary N) is 1. The lowest BCUT2D eigenvalue weighted by atomic mass is 10.2. The minimum Gasteiger partial charge on any atom is -0.462 e. The number of amides is 1. The van der Waals surface area contributed by atoms with E-state index in [1.54, 1.807) is 32.0 Å². The maximum Gasteiger partial charge on any atom is 0.331 e. The molecule has 2 aromatic rings. The average molecular weight is 344 g/mol. The van der Waals surface area contributed by atoms with Gasteiger partial charge in [0.15, 0.2) is 6.61 Å². The molecular weight excluding hydrogens is 328 g/mol. The summed E-state index contributed by atoms with van der Waals surface area (Å²) in [4.78, 5) is 33.8. The van der Waals surface area contributed by atoms with Crippen molar-refractivity contribution in [3.8, 4) is 0 Å². The Morgan fingerprint density at radius 3 is 2.68 bits per heavy atom. The van der Waals surface area contributed by atoms with Gasteiger partial charge in [0.25, 0.3) is 11.6 Å². The highest BCUT2D eigenvalue weighted by atomic mass is 16.6. The van der Waals surface area contributed by atoms with Crippen molar-refractivity contribution in [3.63, 3.8) is 0 Å². The zero-order valence-electron chi connectivity index (χ0n) is 13.6. The number of hydrogen-bond acceptors (Lipinski definition) is 6. The van der Waals surface area contributed by atoms with E-state index in [2.05, 4.69) is 5.32 Å². The number of benzene rings is 1. The van der Waals surface area contributed by atoms with E-state index in [1.165, 1.54) is 18.2 Å². The first kappa shape index (κ1) is 17.9. The van der Waals surface area contributed by atoms with Gasteiger partial charge in [0, 0.05) is 12.1 Å². The van der Waals surface area contributed by atoms with E-state index >= 15 is 0 Å². The van der Waals surface area contributed by atoms with Crippen molar-refractivity contribution in [2.75, 3.05) is 11.9 Å². The number of aryl methyl sites for hydroxylation is 2. The van der Waals surface area contributed by atoms with Crippen molar-refractivity contribution in [1.82, 2.24) is 0 Å². The van der Waals surface area contributed by atoms with Gasteiger partial charge in [0.2, 0.25) is 0 Å². The van der Waals surface area contributed by atoms with Crippen LogP contribution in [0.1, 0.15) is 17.1 Å². The van der Waals surface area contributed by atoms with Gasteiger partial charge < -0.3 is 14.5 Å². The van der Waals surface area contributed by atoms with Crippen molar-refractivity contribution in [1.29, 1.82) is 0 Å². The fraction of sp³-hybridized carbons (Fsp3) is 0.176. The van der Waals surface area contributed by atoms with E-state index in [0.29, 0.717) is 17.1 Å². The van der Waals surface area contributed by atoms with Crippen molar-refractivity contribution in [3.05, 3.63) is 63.6 Å². The zero-order chi connectivity index (χ0) is 18.4. The highest BCUT2D eigenvalue weighted by Crippen LogP contribution is 2.25. The lowest BCUT2D eigenvalue weighted by Gasteiger charge is -2.06. The zero-order valence-corrected chi connectivity index (χ0v) is 13.6. The van der Waals surface area contributed by atoms with Crippen LogP contribution < -0.4 is 5.32 Å². The van der Waals surface area contributed by atoms with Crippen molar-refractivity contribution >= 4 is 29.3 Å². The summed E-state index contributed by atoms with van der Waals surface area (Å²) >= 11 is 0. The molecule has 0 aliphatic heterocycles. The molecule has 25 heavy (non-hydrogen) atoms. The number of carbonyl (C=O) groups excluding carboxylic acids is 2. The second-order valence-electron chi connectivity index (χ2n) is 5.22. The molecular formula is C17H16N2O6. The Kier molecular flexibility index (Phi) is 5.67. The highest BCUT2D eigenvalue weighted by Gasteiger charge is 2.16. The molecule has 0 atom stereocenters. The van der Waals surface area contributed by atoms with E-state index in [0.717, 1.165) is 6.08 Å². The summed E-state index contributed by atoms with van der Waals surface area (Å²) in [7, 11) is 0. The first-order chi connectivity index (χ1) is 11.8. The molecule has 130 valence electrons. The van der Waals surface area contributed by atoms with Crippen LogP contribution in [0, 0.1) is 24.0 Å². The van der Waals surface area contributed by atoms with Gasteiger partial charge in [-0.2, -0.15) is 0 Å². The molecule has 0 unspecified atom stereocenters. The Morgan fingerprint density at radius 2 is 2.04 bits per heavy atom. The monoisotopic (exact) mass is 344 g/mol. The van der Waals surface area contributed by atoms with Crippen LogP contribution in [0.15, 0.2) is 40.8 Å². The predicted molar refractivity (Wildman–Crippen MR) is 89.9 cm³/mol. The van der Waals surface area contributed by atoms with Gasteiger partial charge in [-0.1, -0.05) is 6.07 Å². The number of esters is 1. The maximum absolute atomic E-state index is 11.8. The smallest absolute Gasteiger partial charge is 0.331 e. The Hall–Kier alpha value is -3.42. The van der Waals surface area contributed by atoms with E-state index in [1.807, 2.05) is 0 Å². The predicted octanol–water partition coefficient (Wildman–Crippen LogP) is 3.00. The summed E-state index contributed by atoms with van der Waals surface area (Å²) in [6.07, 6.45) is 2.54. The molecule has 0 fully saturated rings. The molecule has 1 heterocycles. The standard InChI is InChI=1S/C17H16N2O6/c1-11-3-7-14(15(9-11)19(22)23)18-16(20)10-24-17(21)8-6-13-5-4-12(2)25-13/h3-9H,10H2,1-2H3,(H,18,20)/b8-6+. The summed E-state index contributed by atoms with van der Waals surface area (Å²) in [5.74, 6) is -0.230. The average Bonchev–Trinajstić information content (AvgIpc) is 2.98. The molecule has 0 aliphatic carbocycles. The highest BCUT2D eigenvalue weighted by molar-refractivity contribution is 5.96. The largest absolute Gasteiger partial charge is 0.462 e. The molecule has 0 radical (unpaired) electrons. The van der Waals surface area contributed by atoms with Gasteiger partial charge >= 0.3 is 5.97 Å². The molecule has 1 amide bonds. The third-order valence-electron chi connectivity index (χ3n) is 3.11. The molecule has 8 heteroatoms. The number of carbonyl (C=O) groups is 2. The number of nitro benzene ring substituents is 1. The van der Waals surface area contributed by atoms with Crippen LogP contribution in [-0.2, 0) is 14.3 Å². The first-order valence-corrected chi connectivity index (χ1v) is 7.31. The minimum atomic E-state index is -0.734. The third kappa shape index (κ3) is 5.31. The van der Waals surface area contributed by atoms with Gasteiger partial charge in [-0.3, -0.25) is 14.9 Å². The van der Waals surface area contributed by atoms with Crippen LogP contribution in [0.4, 0.5) is 11.4 Å². The number of hydrogen-bond donors (Lipinski definition) is 1. The molecule has 1 aromatic heterocycles. The van der Waals surface area contributed by atoms with Crippen LogP contribution >= 0.6 is 0 Å². The molecule has 8 nitrogen and oxygen atoms in total. The molecule has 0 saturated heterocycles. The van der Waals surface area contributed by atoms with Gasteiger partial charge in [-0.05, 0) is 43.7 Å². The Labute approximate surface area is 143 Å². The van der Waals surface area contributed by atoms with Crippen molar-refractivity contribution < 1.29 is 23.7 Å². The van der Waals surface area contributed by atoms with Crippen LogP contribution in [0.5, 0.6) is 0 Å². The third-order valence-corrected chi connectivity index (χ3v) is 3.11. The second-order valence-corrected chi connectivity index (χ2v) is 5.22.